The maximum absolute atomic E-state index is 12.6. The molecule has 1 amide bonds. The maximum Gasteiger partial charge on any atom is 0.243 e. The summed E-state index contributed by atoms with van der Waals surface area (Å²) < 4.78 is 26.7. The van der Waals surface area contributed by atoms with Crippen LogP contribution in [0.2, 0.25) is 5.02 Å². The number of hydrogen-bond donors (Lipinski definition) is 0. The molecule has 0 aliphatic carbocycles. The first-order valence-electron chi connectivity index (χ1n) is 8.38. The lowest BCUT2D eigenvalue weighted by molar-refractivity contribution is -0.133. The van der Waals surface area contributed by atoms with Gasteiger partial charge in [0.2, 0.25) is 15.9 Å². The van der Waals surface area contributed by atoms with E-state index in [-0.39, 0.29) is 10.8 Å². The monoisotopic (exact) mass is 372 g/mol. The Kier molecular flexibility index (Phi) is 6.66. The van der Waals surface area contributed by atoms with Crippen molar-refractivity contribution in [2.45, 2.75) is 38.0 Å². The van der Waals surface area contributed by atoms with Gasteiger partial charge in [-0.05, 0) is 24.1 Å². The summed E-state index contributed by atoms with van der Waals surface area (Å²) in [5.74, 6) is 0.492. The molecule has 0 N–H and O–H groups in total. The van der Waals surface area contributed by atoms with Crippen LogP contribution in [0.4, 0.5) is 0 Å². The van der Waals surface area contributed by atoms with Crippen molar-refractivity contribution in [3.05, 3.63) is 29.3 Å². The lowest BCUT2D eigenvalue weighted by atomic mass is 10.0. The molecular formula is C17H25ClN2O3S. The number of benzene rings is 1. The molecule has 0 spiro atoms. The molecule has 0 radical (unpaired) electrons. The zero-order chi connectivity index (χ0) is 17.7. The van der Waals surface area contributed by atoms with E-state index in [0.29, 0.717) is 43.5 Å². The molecule has 1 atom stereocenters. The van der Waals surface area contributed by atoms with Gasteiger partial charge in [-0.3, -0.25) is 4.79 Å². The Hall–Kier alpha value is -1.11. The van der Waals surface area contributed by atoms with Crippen LogP contribution in [0, 0.1) is 5.92 Å². The van der Waals surface area contributed by atoms with Gasteiger partial charge in [-0.2, -0.15) is 4.31 Å². The quantitative estimate of drug-likeness (QED) is 0.771. The molecule has 0 bridgehead atoms. The normalized spacial score (nSPS) is 17.7. The number of rotatable bonds is 6. The van der Waals surface area contributed by atoms with E-state index in [1.807, 2.05) is 0 Å². The Morgan fingerprint density at radius 2 is 1.92 bits per heavy atom. The molecule has 5 nitrogen and oxygen atoms in total. The maximum atomic E-state index is 12.6. The van der Waals surface area contributed by atoms with Gasteiger partial charge in [-0.25, -0.2) is 8.42 Å². The van der Waals surface area contributed by atoms with Crippen LogP contribution in [0.3, 0.4) is 0 Å². The summed E-state index contributed by atoms with van der Waals surface area (Å²) in [6.45, 7) is 5.72. The second-order valence-electron chi connectivity index (χ2n) is 6.34. The smallest absolute Gasteiger partial charge is 0.243 e. The number of amides is 1. The van der Waals surface area contributed by atoms with E-state index >= 15 is 0 Å². The molecule has 24 heavy (non-hydrogen) atoms. The lowest BCUT2D eigenvalue weighted by Gasteiger charge is -2.34. The molecule has 1 fully saturated rings. The molecule has 1 saturated heterocycles. The van der Waals surface area contributed by atoms with Crippen LogP contribution in [-0.4, -0.2) is 49.7 Å². The van der Waals surface area contributed by atoms with E-state index in [9.17, 15) is 13.2 Å². The average Bonchev–Trinajstić information content (AvgIpc) is 2.55. The van der Waals surface area contributed by atoms with Gasteiger partial charge < -0.3 is 4.90 Å². The zero-order valence-corrected chi connectivity index (χ0v) is 15.8. The molecule has 1 heterocycles. The molecule has 1 unspecified atom stereocenters. The molecule has 1 aliphatic heterocycles. The minimum Gasteiger partial charge on any atom is -0.340 e. The van der Waals surface area contributed by atoms with E-state index in [1.165, 1.54) is 10.4 Å². The summed E-state index contributed by atoms with van der Waals surface area (Å²) >= 11 is 5.89. The minimum atomic E-state index is -3.55. The van der Waals surface area contributed by atoms with Crippen LogP contribution in [0.15, 0.2) is 29.2 Å². The highest BCUT2D eigenvalue weighted by Gasteiger charge is 2.30. The number of carbonyl (C=O) groups is 1. The van der Waals surface area contributed by atoms with Crippen LogP contribution >= 0.6 is 11.6 Å². The Morgan fingerprint density at radius 3 is 2.50 bits per heavy atom. The van der Waals surface area contributed by atoms with Crippen molar-refractivity contribution in [2.24, 2.45) is 5.92 Å². The van der Waals surface area contributed by atoms with Gasteiger partial charge in [0.05, 0.1) is 4.90 Å². The van der Waals surface area contributed by atoms with Crippen molar-refractivity contribution in [1.82, 2.24) is 9.21 Å². The zero-order valence-electron chi connectivity index (χ0n) is 14.2. The third-order valence-corrected chi connectivity index (χ3v) is 6.46. The fourth-order valence-corrected chi connectivity index (χ4v) is 4.70. The topological polar surface area (TPSA) is 57.7 Å². The molecule has 0 aromatic heterocycles. The summed E-state index contributed by atoms with van der Waals surface area (Å²) in [6, 6.07) is 6.28. The van der Waals surface area contributed by atoms with Gasteiger partial charge in [-0.1, -0.05) is 44.4 Å². The van der Waals surface area contributed by atoms with Crippen molar-refractivity contribution >= 4 is 27.5 Å². The first-order chi connectivity index (χ1) is 11.3. The number of nitrogens with zero attached hydrogens (tertiary/aromatic N) is 2. The molecule has 0 saturated carbocycles. The summed E-state index contributed by atoms with van der Waals surface area (Å²) in [6.07, 6.45) is 2.64. The van der Waals surface area contributed by atoms with E-state index in [2.05, 4.69) is 13.8 Å². The summed E-state index contributed by atoms with van der Waals surface area (Å²) in [7, 11) is -3.55. The number of hydrogen-bond acceptors (Lipinski definition) is 3. The average molecular weight is 373 g/mol. The largest absolute Gasteiger partial charge is 0.340 e. The third kappa shape index (κ3) is 4.71. The highest BCUT2D eigenvalue weighted by atomic mass is 35.5. The van der Waals surface area contributed by atoms with Crippen molar-refractivity contribution in [1.29, 1.82) is 0 Å². The molecule has 2 rings (SSSR count). The SMILES string of the molecule is CCCC(C)CC(=O)N1CCN(S(=O)(=O)c2cccc(Cl)c2)CC1. The second kappa shape index (κ2) is 8.32. The third-order valence-electron chi connectivity index (χ3n) is 4.33. The summed E-state index contributed by atoms with van der Waals surface area (Å²) in [5, 5.41) is 0.398. The molecule has 134 valence electrons. The van der Waals surface area contributed by atoms with Crippen molar-refractivity contribution in [3.63, 3.8) is 0 Å². The number of halogens is 1. The van der Waals surface area contributed by atoms with Crippen LogP contribution in [0.25, 0.3) is 0 Å². The van der Waals surface area contributed by atoms with Crippen molar-refractivity contribution in [3.8, 4) is 0 Å². The number of sulfonamides is 1. The Morgan fingerprint density at radius 1 is 1.25 bits per heavy atom. The molecule has 1 aliphatic rings. The summed E-state index contributed by atoms with van der Waals surface area (Å²) in [5.41, 5.74) is 0. The lowest BCUT2D eigenvalue weighted by Crippen LogP contribution is -2.50. The Balaban J connectivity index is 1.96. The van der Waals surface area contributed by atoms with Crippen LogP contribution < -0.4 is 0 Å². The van der Waals surface area contributed by atoms with Crippen LogP contribution in [0.5, 0.6) is 0 Å². The van der Waals surface area contributed by atoms with Crippen LogP contribution in [0.1, 0.15) is 33.1 Å². The van der Waals surface area contributed by atoms with Crippen molar-refractivity contribution < 1.29 is 13.2 Å². The standard InChI is InChI=1S/C17H25ClN2O3S/c1-3-5-14(2)12-17(21)19-8-10-20(11-9-19)24(22,23)16-7-4-6-15(18)13-16/h4,6-7,13-14H,3,5,8-12H2,1-2H3. The summed E-state index contributed by atoms with van der Waals surface area (Å²) in [4.78, 5) is 14.3. The van der Waals surface area contributed by atoms with Gasteiger partial charge in [0.1, 0.15) is 0 Å². The van der Waals surface area contributed by atoms with Gasteiger partial charge in [0, 0.05) is 37.6 Å². The Labute approximate surface area is 149 Å². The van der Waals surface area contributed by atoms with E-state index < -0.39 is 10.0 Å². The fourth-order valence-electron chi connectivity index (χ4n) is 2.98. The number of piperazine rings is 1. The molecule has 1 aromatic rings. The van der Waals surface area contributed by atoms with E-state index in [1.54, 1.807) is 23.1 Å². The van der Waals surface area contributed by atoms with Crippen LogP contribution in [-0.2, 0) is 14.8 Å². The molecule has 7 heteroatoms. The number of carbonyl (C=O) groups excluding carboxylic acids is 1. The highest BCUT2D eigenvalue weighted by molar-refractivity contribution is 7.89. The fraction of sp³-hybridized carbons (Fsp3) is 0.588. The van der Waals surface area contributed by atoms with Gasteiger partial charge in [0.15, 0.2) is 0 Å². The first kappa shape index (κ1) is 19.2. The molecule has 1 aromatic carbocycles. The predicted octanol–water partition coefficient (Wildman–Crippen LogP) is 3.00. The Bertz CT molecular complexity index is 670. The van der Waals surface area contributed by atoms with Gasteiger partial charge >= 0.3 is 0 Å². The van der Waals surface area contributed by atoms with Gasteiger partial charge in [-0.15, -0.1) is 0 Å². The minimum absolute atomic E-state index is 0.121. The highest BCUT2D eigenvalue weighted by Crippen LogP contribution is 2.21. The molecular weight excluding hydrogens is 348 g/mol. The first-order valence-corrected chi connectivity index (χ1v) is 10.2. The second-order valence-corrected chi connectivity index (χ2v) is 8.71. The predicted molar refractivity (Wildman–Crippen MR) is 95.5 cm³/mol. The van der Waals surface area contributed by atoms with Crippen molar-refractivity contribution in [2.75, 3.05) is 26.2 Å². The van der Waals surface area contributed by atoms with E-state index in [4.69, 9.17) is 11.6 Å². The van der Waals surface area contributed by atoms with E-state index in [0.717, 1.165) is 12.8 Å². The van der Waals surface area contributed by atoms with Gasteiger partial charge in [0.25, 0.3) is 0 Å².